The van der Waals surface area contributed by atoms with Crippen molar-refractivity contribution in [2.45, 2.75) is 38.6 Å². The molecule has 0 N–H and O–H groups in total. The highest BCUT2D eigenvalue weighted by Crippen LogP contribution is 2.26. The van der Waals surface area contributed by atoms with Crippen LogP contribution in [0.3, 0.4) is 0 Å². The Kier molecular flexibility index (Phi) is 6.16. The molecule has 0 saturated carbocycles. The van der Waals surface area contributed by atoms with E-state index in [0.29, 0.717) is 12.1 Å². The molecule has 1 saturated heterocycles. The standard InChI is InChI=1S/C23H28N4O3/c1-29-20-9-8-17(21(13-20)30-2)16-27-22-18(15-25-27)12-19(14-24-22)23(28)26-10-6-4-3-5-7-11-26/h8-9,12-15H,3-7,10-11,16H2,1-2H3. The van der Waals surface area contributed by atoms with Crippen molar-refractivity contribution in [3.8, 4) is 11.5 Å². The molecule has 1 amide bonds. The third-order valence-corrected chi connectivity index (χ3v) is 5.68. The van der Waals surface area contributed by atoms with Gasteiger partial charge in [0, 0.05) is 36.3 Å². The largest absolute Gasteiger partial charge is 0.497 e. The number of ether oxygens (including phenoxy) is 2. The smallest absolute Gasteiger partial charge is 0.255 e. The summed E-state index contributed by atoms with van der Waals surface area (Å²) in [6.07, 6.45) is 9.25. The normalized spacial score (nSPS) is 14.9. The van der Waals surface area contributed by atoms with Crippen molar-refractivity contribution in [1.29, 1.82) is 0 Å². The minimum atomic E-state index is 0.0656. The summed E-state index contributed by atoms with van der Waals surface area (Å²) in [5.41, 5.74) is 2.35. The third kappa shape index (κ3) is 4.25. The number of aromatic nitrogens is 3. The Morgan fingerprint density at radius 1 is 1.00 bits per heavy atom. The fourth-order valence-electron chi connectivity index (χ4n) is 3.98. The molecule has 158 valence electrons. The van der Waals surface area contributed by atoms with Gasteiger partial charge in [0.1, 0.15) is 11.5 Å². The van der Waals surface area contributed by atoms with Gasteiger partial charge in [0.2, 0.25) is 0 Å². The van der Waals surface area contributed by atoms with E-state index < -0.39 is 0 Å². The van der Waals surface area contributed by atoms with Gasteiger partial charge in [0.25, 0.3) is 5.91 Å². The van der Waals surface area contributed by atoms with Gasteiger partial charge in [-0.3, -0.25) is 4.79 Å². The number of methoxy groups -OCH3 is 2. The quantitative estimate of drug-likeness (QED) is 0.640. The molecule has 1 fully saturated rings. The van der Waals surface area contributed by atoms with Crippen LogP contribution in [0, 0.1) is 0 Å². The lowest BCUT2D eigenvalue weighted by Crippen LogP contribution is -2.33. The summed E-state index contributed by atoms with van der Waals surface area (Å²) in [7, 11) is 3.27. The van der Waals surface area contributed by atoms with E-state index in [1.165, 1.54) is 19.3 Å². The number of fused-ring (bicyclic) bond motifs is 1. The maximum atomic E-state index is 13.0. The molecule has 0 bridgehead atoms. The molecule has 30 heavy (non-hydrogen) atoms. The van der Waals surface area contributed by atoms with Crippen LogP contribution in [0.4, 0.5) is 0 Å². The Labute approximate surface area is 176 Å². The van der Waals surface area contributed by atoms with Crippen molar-refractivity contribution >= 4 is 16.9 Å². The fourth-order valence-corrected chi connectivity index (χ4v) is 3.98. The van der Waals surface area contributed by atoms with Crippen molar-refractivity contribution in [3.63, 3.8) is 0 Å². The van der Waals surface area contributed by atoms with E-state index in [1.807, 2.05) is 33.8 Å². The van der Waals surface area contributed by atoms with Crippen molar-refractivity contribution < 1.29 is 14.3 Å². The van der Waals surface area contributed by atoms with Crippen LogP contribution in [0.25, 0.3) is 11.0 Å². The number of carbonyl (C=O) groups excluding carboxylic acids is 1. The summed E-state index contributed by atoms with van der Waals surface area (Å²) in [5.74, 6) is 1.55. The molecule has 0 aliphatic carbocycles. The minimum absolute atomic E-state index is 0.0656. The van der Waals surface area contributed by atoms with Gasteiger partial charge < -0.3 is 14.4 Å². The Morgan fingerprint density at radius 2 is 1.77 bits per heavy atom. The van der Waals surface area contributed by atoms with E-state index in [0.717, 1.165) is 54.0 Å². The monoisotopic (exact) mass is 408 g/mol. The van der Waals surface area contributed by atoms with E-state index in [-0.39, 0.29) is 5.91 Å². The van der Waals surface area contributed by atoms with Gasteiger partial charge in [-0.05, 0) is 31.0 Å². The van der Waals surface area contributed by atoms with Crippen molar-refractivity contribution in [3.05, 3.63) is 47.8 Å². The average molecular weight is 409 g/mol. The maximum absolute atomic E-state index is 13.0. The number of nitrogens with zero attached hydrogens (tertiary/aromatic N) is 4. The van der Waals surface area contributed by atoms with Crippen LogP contribution < -0.4 is 9.47 Å². The number of likely N-dealkylation sites (tertiary alicyclic amines) is 1. The summed E-state index contributed by atoms with van der Waals surface area (Å²) in [4.78, 5) is 19.5. The molecular weight excluding hydrogens is 380 g/mol. The molecule has 0 unspecified atom stereocenters. The molecule has 3 aromatic rings. The molecule has 1 aromatic carbocycles. The third-order valence-electron chi connectivity index (χ3n) is 5.68. The predicted molar refractivity (Wildman–Crippen MR) is 115 cm³/mol. The Hall–Kier alpha value is -3.09. The van der Waals surface area contributed by atoms with E-state index in [2.05, 4.69) is 10.1 Å². The number of pyridine rings is 1. The summed E-state index contributed by atoms with van der Waals surface area (Å²) >= 11 is 0. The first kappa shape index (κ1) is 20.2. The van der Waals surface area contributed by atoms with Gasteiger partial charge in [0.15, 0.2) is 5.65 Å². The van der Waals surface area contributed by atoms with Gasteiger partial charge in [-0.2, -0.15) is 5.10 Å². The summed E-state index contributed by atoms with van der Waals surface area (Å²) in [6, 6.07) is 7.62. The highest BCUT2D eigenvalue weighted by Gasteiger charge is 2.18. The number of hydrogen-bond donors (Lipinski definition) is 0. The highest BCUT2D eigenvalue weighted by atomic mass is 16.5. The molecule has 7 heteroatoms. The fraction of sp³-hybridized carbons (Fsp3) is 0.435. The first-order valence-electron chi connectivity index (χ1n) is 10.5. The van der Waals surface area contributed by atoms with E-state index in [9.17, 15) is 4.79 Å². The van der Waals surface area contributed by atoms with Crippen LogP contribution >= 0.6 is 0 Å². The Balaban J connectivity index is 1.56. The van der Waals surface area contributed by atoms with Crippen molar-refractivity contribution in [2.24, 2.45) is 0 Å². The summed E-state index contributed by atoms with van der Waals surface area (Å²) in [5, 5.41) is 5.35. The molecule has 4 rings (SSSR count). The molecule has 1 aliphatic heterocycles. The zero-order valence-corrected chi connectivity index (χ0v) is 17.6. The topological polar surface area (TPSA) is 69.5 Å². The van der Waals surface area contributed by atoms with Crippen LogP contribution in [0.5, 0.6) is 11.5 Å². The number of rotatable bonds is 5. The number of amides is 1. The van der Waals surface area contributed by atoms with Gasteiger partial charge in [-0.15, -0.1) is 0 Å². The number of hydrogen-bond acceptors (Lipinski definition) is 5. The van der Waals surface area contributed by atoms with Gasteiger partial charge in [-0.25, -0.2) is 9.67 Å². The summed E-state index contributed by atoms with van der Waals surface area (Å²) < 4.78 is 12.6. The molecule has 1 aliphatic rings. The second-order valence-corrected chi connectivity index (χ2v) is 7.68. The van der Waals surface area contributed by atoms with Gasteiger partial charge in [0.05, 0.1) is 32.5 Å². The van der Waals surface area contributed by atoms with Crippen LogP contribution in [0.15, 0.2) is 36.7 Å². The molecule has 7 nitrogen and oxygen atoms in total. The molecular formula is C23H28N4O3. The van der Waals surface area contributed by atoms with Crippen molar-refractivity contribution in [2.75, 3.05) is 27.3 Å². The van der Waals surface area contributed by atoms with Crippen LogP contribution in [-0.2, 0) is 6.54 Å². The predicted octanol–water partition coefficient (Wildman–Crippen LogP) is 3.90. The first-order chi connectivity index (χ1) is 14.7. The lowest BCUT2D eigenvalue weighted by Gasteiger charge is -2.24. The van der Waals surface area contributed by atoms with Crippen LogP contribution in [0.1, 0.15) is 48.0 Å². The highest BCUT2D eigenvalue weighted by molar-refractivity contribution is 5.96. The average Bonchev–Trinajstić information content (AvgIpc) is 3.15. The Morgan fingerprint density at radius 3 is 2.50 bits per heavy atom. The lowest BCUT2D eigenvalue weighted by atomic mass is 10.1. The molecule has 0 spiro atoms. The Bertz CT molecular complexity index is 1020. The molecule has 0 radical (unpaired) electrons. The van der Waals surface area contributed by atoms with E-state index >= 15 is 0 Å². The zero-order valence-electron chi connectivity index (χ0n) is 17.6. The molecule has 3 heterocycles. The van der Waals surface area contributed by atoms with Gasteiger partial charge >= 0.3 is 0 Å². The lowest BCUT2D eigenvalue weighted by molar-refractivity contribution is 0.0742. The molecule has 2 aromatic heterocycles. The zero-order chi connectivity index (χ0) is 20.9. The van der Waals surface area contributed by atoms with Gasteiger partial charge in [-0.1, -0.05) is 19.3 Å². The number of carbonyl (C=O) groups is 1. The summed E-state index contributed by atoms with van der Waals surface area (Å²) in [6.45, 7) is 2.17. The number of benzene rings is 1. The van der Waals surface area contributed by atoms with E-state index in [4.69, 9.17) is 9.47 Å². The van der Waals surface area contributed by atoms with E-state index in [1.54, 1.807) is 26.6 Å². The van der Waals surface area contributed by atoms with Crippen LogP contribution in [-0.4, -0.2) is 52.9 Å². The SMILES string of the molecule is COc1ccc(Cn2ncc3cc(C(=O)N4CCCCCCC4)cnc32)c(OC)c1. The second-order valence-electron chi connectivity index (χ2n) is 7.68. The first-order valence-corrected chi connectivity index (χ1v) is 10.5. The minimum Gasteiger partial charge on any atom is -0.497 e. The second kappa shape index (κ2) is 9.15. The van der Waals surface area contributed by atoms with Crippen molar-refractivity contribution in [1.82, 2.24) is 19.7 Å². The van der Waals surface area contributed by atoms with Crippen LogP contribution in [0.2, 0.25) is 0 Å². The maximum Gasteiger partial charge on any atom is 0.255 e. The molecule has 0 atom stereocenters.